The van der Waals surface area contributed by atoms with Gasteiger partial charge in [0.2, 0.25) is 10.0 Å². The van der Waals surface area contributed by atoms with Gasteiger partial charge >= 0.3 is 0 Å². The number of benzene rings is 2. The number of fused-ring (bicyclic) bond motifs is 1. The quantitative estimate of drug-likeness (QED) is 0.903. The molecule has 2 N–H and O–H groups in total. The number of ether oxygens (including phenoxy) is 1. The highest BCUT2D eigenvalue weighted by Gasteiger charge is 2.14. The molecule has 0 aromatic heterocycles. The fraction of sp³-hybridized carbons (Fsp3) is 0.200. The molecular formula is C15H14BrNO3S. The van der Waals surface area contributed by atoms with E-state index in [1.54, 1.807) is 6.07 Å². The zero-order chi connectivity index (χ0) is 15.0. The first-order chi connectivity index (χ1) is 9.93. The van der Waals surface area contributed by atoms with Crippen LogP contribution < -0.4 is 9.88 Å². The number of sulfonamides is 1. The third-order valence-corrected chi connectivity index (χ3v) is 5.06. The van der Waals surface area contributed by atoms with Gasteiger partial charge in [0.15, 0.2) is 0 Å². The molecule has 21 heavy (non-hydrogen) atoms. The zero-order valence-electron chi connectivity index (χ0n) is 11.2. The van der Waals surface area contributed by atoms with Gasteiger partial charge in [0.1, 0.15) is 11.5 Å². The van der Waals surface area contributed by atoms with Crippen LogP contribution in [0.25, 0.3) is 0 Å². The highest BCUT2D eigenvalue weighted by Crippen LogP contribution is 2.33. The van der Waals surface area contributed by atoms with Crippen LogP contribution in [0.5, 0.6) is 11.5 Å². The molecule has 0 heterocycles. The summed E-state index contributed by atoms with van der Waals surface area (Å²) in [6, 6.07) is 10.5. The molecule has 0 radical (unpaired) electrons. The van der Waals surface area contributed by atoms with Crippen LogP contribution in [0.15, 0.2) is 45.8 Å². The van der Waals surface area contributed by atoms with Gasteiger partial charge in [-0.25, -0.2) is 13.6 Å². The average molecular weight is 368 g/mol. The van der Waals surface area contributed by atoms with Crippen molar-refractivity contribution in [1.82, 2.24) is 0 Å². The maximum Gasteiger partial charge on any atom is 0.238 e. The van der Waals surface area contributed by atoms with Crippen molar-refractivity contribution in [2.24, 2.45) is 5.14 Å². The smallest absolute Gasteiger partial charge is 0.238 e. The Morgan fingerprint density at radius 2 is 1.81 bits per heavy atom. The van der Waals surface area contributed by atoms with E-state index in [-0.39, 0.29) is 4.90 Å². The molecule has 3 rings (SSSR count). The molecule has 0 spiro atoms. The second kappa shape index (κ2) is 5.44. The summed E-state index contributed by atoms with van der Waals surface area (Å²) in [6.07, 6.45) is 3.39. The molecule has 0 unspecified atom stereocenters. The fourth-order valence-electron chi connectivity index (χ4n) is 2.48. The molecule has 0 fully saturated rings. The zero-order valence-corrected chi connectivity index (χ0v) is 13.6. The van der Waals surface area contributed by atoms with Crippen LogP contribution in [0.1, 0.15) is 17.5 Å². The molecule has 2 aromatic carbocycles. The van der Waals surface area contributed by atoms with E-state index in [1.807, 2.05) is 12.1 Å². The molecule has 110 valence electrons. The Bertz CT molecular complexity index is 803. The van der Waals surface area contributed by atoms with E-state index in [2.05, 4.69) is 22.0 Å². The molecule has 1 aliphatic carbocycles. The number of rotatable bonds is 3. The molecule has 0 saturated heterocycles. The molecular weight excluding hydrogens is 354 g/mol. The Morgan fingerprint density at radius 3 is 2.52 bits per heavy atom. The summed E-state index contributed by atoms with van der Waals surface area (Å²) in [5.74, 6) is 1.31. The van der Waals surface area contributed by atoms with E-state index in [1.165, 1.54) is 29.7 Å². The predicted octanol–water partition coefficient (Wildman–Crippen LogP) is 3.38. The standard InChI is InChI=1S/C15H14BrNO3S/c16-14-9-13(21(17,18)19)6-7-15(14)20-12-5-4-10-2-1-3-11(10)8-12/h4-9H,1-3H2,(H2,17,18,19). The van der Waals surface area contributed by atoms with E-state index < -0.39 is 10.0 Å². The Kier molecular flexibility index (Phi) is 3.77. The minimum Gasteiger partial charge on any atom is -0.456 e. The third-order valence-electron chi connectivity index (χ3n) is 3.53. The fourth-order valence-corrected chi connectivity index (χ4v) is 3.63. The van der Waals surface area contributed by atoms with E-state index >= 15 is 0 Å². The largest absolute Gasteiger partial charge is 0.456 e. The van der Waals surface area contributed by atoms with Crippen molar-refractivity contribution in [3.05, 3.63) is 52.0 Å². The minimum absolute atomic E-state index is 0.0516. The van der Waals surface area contributed by atoms with Crippen LogP contribution in [0.2, 0.25) is 0 Å². The van der Waals surface area contributed by atoms with Crippen molar-refractivity contribution in [3.63, 3.8) is 0 Å². The van der Waals surface area contributed by atoms with Gasteiger partial charge in [-0.05, 0) is 76.7 Å². The van der Waals surface area contributed by atoms with Crippen molar-refractivity contribution < 1.29 is 13.2 Å². The van der Waals surface area contributed by atoms with E-state index in [9.17, 15) is 8.42 Å². The first kappa shape index (κ1) is 14.6. The van der Waals surface area contributed by atoms with Gasteiger partial charge in [0, 0.05) is 0 Å². The molecule has 0 aliphatic heterocycles. The first-order valence-electron chi connectivity index (χ1n) is 6.55. The topological polar surface area (TPSA) is 69.4 Å². The van der Waals surface area contributed by atoms with Crippen molar-refractivity contribution >= 4 is 26.0 Å². The molecule has 0 atom stereocenters. The van der Waals surface area contributed by atoms with Crippen molar-refractivity contribution in [3.8, 4) is 11.5 Å². The first-order valence-corrected chi connectivity index (χ1v) is 8.89. The number of hydrogen-bond donors (Lipinski definition) is 1. The number of nitrogens with two attached hydrogens (primary N) is 1. The lowest BCUT2D eigenvalue weighted by Gasteiger charge is -2.10. The second-order valence-corrected chi connectivity index (χ2v) is 7.44. The van der Waals surface area contributed by atoms with Crippen LogP contribution in [0.4, 0.5) is 0 Å². The number of primary sulfonamides is 1. The number of aryl methyl sites for hydroxylation is 2. The summed E-state index contributed by atoms with van der Waals surface area (Å²) in [5.41, 5.74) is 2.70. The minimum atomic E-state index is -3.71. The lowest BCUT2D eigenvalue weighted by Crippen LogP contribution is -2.11. The highest BCUT2D eigenvalue weighted by molar-refractivity contribution is 9.10. The second-order valence-electron chi connectivity index (χ2n) is 5.02. The Morgan fingerprint density at radius 1 is 1.05 bits per heavy atom. The molecule has 0 amide bonds. The molecule has 0 bridgehead atoms. The summed E-state index contributed by atoms with van der Waals surface area (Å²) in [7, 11) is -3.71. The van der Waals surface area contributed by atoms with E-state index in [0.717, 1.165) is 18.6 Å². The third kappa shape index (κ3) is 3.12. The summed E-state index contributed by atoms with van der Waals surface area (Å²) in [5, 5.41) is 5.10. The molecule has 6 heteroatoms. The van der Waals surface area contributed by atoms with Gasteiger partial charge in [0.05, 0.1) is 9.37 Å². The maximum atomic E-state index is 11.3. The van der Waals surface area contributed by atoms with Gasteiger partial charge in [-0.2, -0.15) is 0 Å². The van der Waals surface area contributed by atoms with Crippen molar-refractivity contribution in [1.29, 1.82) is 0 Å². The van der Waals surface area contributed by atoms with Crippen molar-refractivity contribution in [2.75, 3.05) is 0 Å². The van der Waals surface area contributed by atoms with Crippen LogP contribution in [-0.2, 0) is 22.9 Å². The molecule has 2 aromatic rings. The molecule has 1 aliphatic rings. The lowest BCUT2D eigenvalue weighted by molar-refractivity contribution is 0.478. The predicted molar refractivity (Wildman–Crippen MR) is 84.1 cm³/mol. The van der Waals surface area contributed by atoms with Crippen molar-refractivity contribution in [2.45, 2.75) is 24.2 Å². The summed E-state index contributed by atoms with van der Waals surface area (Å²) >= 11 is 3.31. The Hall–Kier alpha value is -1.37. The van der Waals surface area contributed by atoms with Crippen LogP contribution in [-0.4, -0.2) is 8.42 Å². The highest BCUT2D eigenvalue weighted by atomic mass is 79.9. The maximum absolute atomic E-state index is 11.3. The average Bonchev–Trinajstić information content (AvgIpc) is 2.87. The van der Waals surface area contributed by atoms with Gasteiger partial charge < -0.3 is 4.74 Å². The van der Waals surface area contributed by atoms with E-state index in [0.29, 0.717) is 10.2 Å². The summed E-state index contributed by atoms with van der Waals surface area (Å²) in [6.45, 7) is 0. The Labute approximate surface area is 132 Å². The van der Waals surface area contributed by atoms with Gasteiger partial charge in [-0.15, -0.1) is 0 Å². The molecule has 4 nitrogen and oxygen atoms in total. The summed E-state index contributed by atoms with van der Waals surface area (Å²) in [4.78, 5) is 0.0516. The lowest BCUT2D eigenvalue weighted by atomic mass is 10.1. The Balaban J connectivity index is 1.88. The van der Waals surface area contributed by atoms with E-state index in [4.69, 9.17) is 9.88 Å². The molecule has 0 saturated carbocycles. The number of hydrogen-bond acceptors (Lipinski definition) is 3. The van der Waals surface area contributed by atoms with Crippen LogP contribution >= 0.6 is 15.9 Å². The van der Waals surface area contributed by atoms with Gasteiger partial charge in [0.25, 0.3) is 0 Å². The normalized spacial score (nSPS) is 14.0. The van der Waals surface area contributed by atoms with Crippen LogP contribution in [0.3, 0.4) is 0 Å². The van der Waals surface area contributed by atoms with Crippen LogP contribution in [0, 0.1) is 0 Å². The summed E-state index contributed by atoms with van der Waals surface area (Å²) < 4.78 is 29.0. The van der Waals surface area contributed by atoms with Gasteiger partial charge in [-0.1, -0.05) is 6.07 Å². The SMILES string of the molecule is NS(=O)(=O)c1ccc(Oc2ccc3c(c2)CCC3)c(Br)c1. The monoisotopic (exact) mass is 367 g/mol. The number of halogens is 1. The van der Waals surface area contributed by atoms with Gasteiger partial charge in [-0.3, -0.25) is 0 Å².